The van der Waals surface area contributed by atoms with Crippen LogP contribution in [0.5, 0.6) is 0 Å². The van der Waals surface area contributed by atoms with Gasteiger partial charge in [-0.25, -0.2) is 0 Å². The second-order valence-corrected chi connectivity index (χ2v) is 8.17. The summed E-state index contributed by atoms with van der Waals surface area (Å²) in [5.74, 6) is 0.518. The highest BCUT2D eigenvalue weighted by Crippen LogP contribution is 2.11. The molecule has 0 bridgehead atoms. The molecule has 0 aliphatic heterocycles. The van der Waals surface area contributed by atoms with Crippen molar-refractivity contribution >= 4 is 5.91 Å². The van der Waals surface area contributed by atoms with Crippen molar-refractivity contribution in [1.29, 1.82) is 0 Å². The lowest BCUT2D eigenvalue weighted by molar-refractivity contribution is -0.122. The molecule has 0 radical (unpaired) electrons. The second kappa shape index (κ2) is 18.5. The Morgan fingerprint density at radius 2 is 1.67 bits per heavy atom. The molecule has 0 saturated carbocycles. The molecule has 0 saturated heterocycles. The fourth-order valence-corrected chi connectivity index (χ4v) is 3.15. The standard InChI is InChI=1S/C23H46N2O2/c1-4-5-6-13-16-21(26)17-14-11-9-7-8-10-12-15-18-23(27)25-22(19-24)20(2)3/h11,14,20-22,26H,4-10,12-13,15-19,24H2,1-3H3,(H,25,27)/b14-11-/t21-,22?/m1/s1. The first-order chi connectivity index (χ1) is 13.0. The quantitative estimate of drug-likeness (QED) is 0.228. The summed E-state index contributed by atoms with van der Waals surface area (Å²) >= 11 is 0. The molecule has 0 fully saturated rings. The monoisotopic (exact) mass is 382 g/mol. The Labute approximate surface area is 168 Å². The molecule has 2 atom stereocenters. The average Bonchev–Trinajstić information content (AvgIpc) is 2.64. The van der Waals surface area contributed by atoms with Gasteiger partial charge in [0.05, 0.1) is 6.10 Å². The van der Waals surface area contributed by atoms with E-state index in [4.69, 9.17) is 5.73 Å². The normalized spacial score (nSPS) is 14.0. The lowest BCUT2D eigenvalue weighted by Crippen LogP contribution is -2.43. The highest BCUT2D eigenvalue weighted by molar-refractivity contribution is 5.76. The first-order valence-electron chi connectivity index (χ1n) is 11.3. The number of hydrogen-bond acceptors (Lipinski definition) is 3. The van der Waals surface area contributed by atoms with Gasteiger partial charge >= 0.3 is 0 Å². The van der Waals surface area contributed by atoms with Crippen molar-refractivity contribution in [3.05, 3.63) is 12.2 Å². The SMILES string of the molecule is CCCCCC[C@@H](O)C/C=C\CCCCCCCC(=O)NC(CN)C(C)C. The van der Waals surface area contributed by atoms with E-state index in [2.05, 4.69) is 38.2 Å². The molecular formula is C23H46N2O2. The number of carbonyl (C=O) groups is 1. The molecule has 0 aromatic rings. The lowest BCUT2D eigenvalue weighted by atomic mass is 10.0. The third-order valence-corrected chi connectivity index (χ3v) is 5.15. The Hall–Kier alpha value is -0.870. The predicted octanol–water partition coefficient (Wildman–Crippen LogP) is 5.09. The molecule has 0 heterocycles. The first-order valence-corrected chi connectivity index (χ1v) is 11.3. The number of unbranched alkanes of at least 4 members (excludes halogenated alkanes) is 8. The molecule has 0 aliphatic rings. The average molecular weight is 383 g/mol. The van der Waals surface area contributed by atoms with E-state index >= 15 is 0 Å². The minimum absolute atomic E-state index is 0.0964. The molecular weight excluding hydrogens is 336 g/mol. The Balaban J connectivity index is 3.47. The van der Waals surface area contributed by atoms with Crippen LogP contribution >= 0.6 is 0 Å². The lowest BCUT2D eigenvalue weighted by Gasteiger charge is -2.20. The minimum Gasteiger partial charge on any atom is -0.393 e. The zero-order valence-electron chi connectivity index (χ0n) is 18.2. The molecule has 27 heavy (non-hydrogen) atoms. The molecule has 0 aliphatic carbocycles. The van der Waals surface area contributed by atoms with Crippen molar-refractivity contribution < 1.29 is 9.90 Å². The van der Waals surface area contributed by atoms with Gasteiger partial charge in [-0.1, -0.05) is 77.9 Å². The van der Waals surface area contributed by atoms with Gasteiger partial charge in [-0.3, -0.25) is 4.79 Å². The maximum Gasteiger partial charge on any atom is 0.220 e. The number of nitrogens with two attached hydrogens (primary N) is 1. The van der Waals surface area contributed by atoms with E-state index in [1.807, 2.05) is 0 Å². The third kappa shape index (κ3) is 17.0. The Bertz CT molecular complexity index is 369. The molecule has 0 spiro atoms. The number of carbonyl (C=O) groups excluding carboxylic acids is 1. The zero-order chi connectivity index (χ0) is 20.3. The van der Waals surface area contributed by atoms with Crippen molar-refractivity contribution in [3.63, 3.8) is 0 Å². The van der Waals surface area contributed by atoms with Crippen molar-refractivity contribution in [2.45, 2.75) is 116 Å². The van der Waals surface area contributed by atoms with E-state index in [9.17, 15) is 9.90 Å². The van der Waals surface area contributed by atoms with E-state index in [-0.39, 0.29) is 18.1 Å². The number of amides is 1. The van der Waals surface area contributed by atoms with E-state index in [0.717, 1.165) is 38.5 Å². The highest BCUT2D eigenvalue weighted by atomic mass is 16.3. The van der Waals surface area contributed by atoms with Gasteiger partial charge in [0.15, 0.2) is 0 Å². The van der Waals surface area contributed by atoms with Crippen molar-refractivity contribution in [2.24, 2.45) is 11.7 Å². The Morgan fingerprint density at radius 1 is 1.00 bits per heavy atom. The van der Waals surface area contributed by atoms with Gasteiger partial charge in [0, 0.05) is 19.0 Å². The number of rotatable bonds is 18. The van der Waals surface area contributed by atoms with Crippen LogP contribution in [-0.2, 0) is 4.79 Å². The maximum absolute atomic E-state index is 11.9. The van der Waals surface area contributed by atoms with Crippen molar-refractivity contribution in [1.82, 2.24) is 5.32 Å². The summed E-state index contributed by atoms with van der Waals surface area (Å²) in [6.07, 6.45) is 18.2. The summed E-state index contributed by atoms with van der Waals surface area (Å²) in [6, 6.07) is 0.0964. The summed E-state index contributed by atoms with van der Waals surface area (Å²) in [5.41, 5.74) is 5.68. The zero-order valence-corrected chi connectivity index (χ0v) is 18.2. The van der Waals surface area contributed by atoms with Crippen LogP contribution in [0.1, 0.15) is 104 Å². The van der Waals surface area contributed by atoms with E-state index in [1.165, 1.54) is 38.5 Å². The van der Waals surface area contributed by atoms with Crippen LogP contribution in [0.2, 0.25) is 0 Å². The Morgan fingerprint density at radius 3 is 2.33 bits per heavy atom. The molecule has 160 valence electrons. The number of nitrogens with one attached hydrogen (secondary N) is 1. The van der Waals surface area contributed by atoms with Gasteiger partial charge in [-0.2, -0.15) is 0 Å². The summed E-state index contributed by atoms with van der Waals surface area (Å²) in [7, 11) is 0. The largest absolute Gasteiger partial charge is 0.393 e. The summed E-state index contributed by atoms with van der Waals surface area (Å²) in [6.45, 7) is 6.88. The number of allylic oxidation sites excluding steroid dienone is 1. The van der Waals surface area contributed by atoms with Crippen LogP contribution in [0, 0.1) is 5.92 Å². The summed E-state index contributed by atoms with van der Waals surface area (Å²) < 4.78 is 0. The van der Waals surface area contributed by atoms with E-state index in [1.54, 1.807) is 0 Å². The topological polar surface area (TPSA) is 75.3 Å². The number of aliphatic hydroxyl groups excluding tert-OH is 1. The van der Waals surface area contributed by atoms with Gasteiger partial charge in [-0.15, -0.1) is 0 Å². The van der Waals surface area contributed by atoms with E-state index in [0.29, 0.717) is 18.9 Å². The molecule has 0 aromatic heterocycles. The Kier molecular flexibility index (Phi) is 17.9. The third-order valence-electron chi connectivity index (χ3n) is 5.15. The molecule has 4 heteroatoms. The molecule has 1 unspecified atom stereocenters. The van der Waals surface area contributed by atoms with Gasteiger partial charge in [-0.05, 0) is 38.0 Å². The van der Waals surface area contributed by atoms with Crippen molar-refractivity contribution in [2.75, 3.05) is 6.54 Å². The van der Waals surface area contributed by atoms with Crippen molar-refractivity contribution in [3.8, 4) is 0 Å². The van der Waals surface area contributed by atoms with Crippen LogP contribution in [0.15, 0.2) is 12.2 Å². The number of hydrogen-bond donors (Lipinski definition) is 3. The predicted molar refractivity (Wildman–Crippen MR) is 117 cm³/mol. The fraction of sp³-hybridized carbons (Fsp3) is 0.870. The maximum atomic E-state index is 11.9. The molecule has 1 amide bonds. The van der Waals surface area contributed by atoms with E-state index < -0.39 is 0 Å². The molecule has 4 nitrogen and oxygen atoms in total. The summed E-state index contributed by atoms with van der Waals surface area (Å²) in [4.78, 5) is 11.9. The second-order valence-electron chi connectivity index (χ2n) is 8.17. The van der Waals surface area contributed by atoms with Crippen LogP contribution in [0.25, 0.3) is 0 Å². The first kappa shape index (κ1) is 26.1. The fourth-order valence-electron chi connectivity index (χ4n) is 3.15. The van der Waals surface area contributed by atoms with Gasteiger partial charge in [0.2, 0.25) is 5.91 Å². The highest BCUT2D eigenvalue weighted by Gasteiger charge is 2.13. The van der Waals surface area contributed by atoms with Crippen LogP contribution in [-0.4, -0.2) is 29.7 Å². The molecule has 4 N–H and O–H groups in total. The van der Waals surface area contributed by atoms with Gasteiger partial charge in [0.25, 0.3) is 0 Å². The smallest absolute Gasteiger partial charge is 0.220 e. The van der Waals surface area contributed by atoms with Crippen LogP contribution in [0.4, 0.5) is 0 Å². The van der Waals surface area contributed by atoms with Gasteiger partial charge in [0.1, 0.15) is 0 Å². The number of aliphatic hydroxyl groups is 1. The summed E-state index contributed by atoms with van der Waals surface area (Å²) in [5, 5.41) is 12.9. The van der Waals surface area contributed by atoms with Crippen LogP contribution < -0.4 is 11.1 Å². The van der Waals surface area contributed by atoms with Crippen LogP contribution in [0.3, 0.4) is 0 Å². The minimum atomic E-state index is -0.168. The van der Waals surface area contributed by atoms with Gasteiger partial charge < -0.3 is 16.2 Å². The molecule has 0 aromatic carbocycles. The molecule has 0 rings (SSSR count).